The van der Waals surface area contributed by atoms with E-state index in [1.54, 1.807) is 10.5 Å². The van der Waals surface area contributed by atoms with E-state index in [-0.39, 0.29) is 0 Å². The van der Waals surface area contributed by atoms with Crippen LogP contribution in [0.1, 0.15) is 12.8 Å². The number of anilines is 1. The number of morpholine rings is 1. The number of halogens is 3. The summed E-state index contributed by atoms with van der Waals surface area (Å²) >= 11 is 0. The molecule has 1 unspecified atom stereocenters. The van der Waals surface area contributed by atoms with Crippen LogP contribution in [0.2, 0.25) is 0 Å². The zero-order valence-electron chi connectivity index (χ0n) is 15.2. The minimum absolute atomic E-state index is 0.393. The van der Waals surface area contributed by atoms with Crippen molar-refractivity contribution in [2.75, 3.05) is 43.9 Å². The molecule has 2 aliphatic heterocycles. The fraction of sp³-hybridized carbons (Fsp3) is 0.625. The van der Waals surface area contributed by atoms with E-state index in [4.69, 9.17) is 14.6 Å². The lowest BCUT2D eigenvalue weighted by Gasteiger charge is -2.47. The van der Waals surface area contributed by atoms with Gasteiger partial charge in [0.1, 0.15) is 0 Å². The van der Waals surface area contributed by atoms with Crippen LogP contribution in [0, 0.1) is 0 Å². The lowest BCUT2D eigenvalue weighted by Crippen LogP contribution is -2.60. The smallest absolute Gasteiger partial charge is 0.475 e. The van der Waals surface area contributed by atoms with Crippen molar-refractivity contribution in [2.45, 2.75) is 24.6 Å². The van der Waals surface area contributed by atoms with Gasteiger partial charge in [-0.05, 0) is 25.0 Å². The highest BCUT2D eigenvalue weighted by Gasteiger charge is 2.42. The summed E-state index contributed by atoms with van der Waals surface area (Å²) in [5, 5.41) is 7.12. The molecule has 1 aromatic heterocycles. The first kappa shape index (κ1) is 22.4. The van der Waals surface area contributed by atoms with E-state index in [0.717, 1.165) is 25.1 Å². The number of hydrogen-bond acceptors (Lipinski definition) is 6. The number of carboxylic acids is 1. The molecular formula is C16H22F3N3O5S. The number of sulfonamides is 1. The van der Waals surface area contributed by atoms with Gasteiger partial charge in [-0.2, -0.15) is 17.5 Å². The Morgan fingerprint density at radius 2 is 2.00 bits per heavy atom. The van der Waals surface area contributed by atoms with Crippen LogP contribution in [0.4, 0.5) is 18.9 Å². The van der Waals surface area contributed by atoms with E-state index >= 15 is 0 Å². The van der Waals surface area contributed by atoms with Crippen LogP contribution in [0.25, 0.3) is 0 Å². The molecule has 0 aromatic carbocycles. The molecular weight excluding hydrogens is 403 g/mol. The zero-order valence-corrected chi connectivity index (χ0v) is 16.0. The first-order chi connectivity index (χ1) is 12.9. The Labute approximate surface area is 161 Å². The van der Waals surface area contributed by atoms with Gasteiger partial charge in [0.05, 0.1) is 30.3 Å². The molecule has 1 spiro atoms. The van der Waals surface area contributed by atoms with Crippen molar-refractivity contribution >= 4 is 21.7 Å². The van der Waals surface area contributed by atoms with Gasteiger partial charge in [0.2, 0.25) is 10.0 Å². The average Bonchev–Trinajstić information content (AvgIpc) is 2.61. The number of piperidine rings is 1. The molecule has 158 valence electrons. The number of rotatable bonds is 2. The summed E-state index contributed by atoms with van der Waals surface area (Å²) in [5.74, 6) is -2.76. The molecule has 2 aliphatic rings. The molecule has 28 heavy (non-hydrogen) atoms. The van der Waals surface area contributed by atoms with E-state index in [0.29, 0.717) is 26.2 Å². The first-order valence-corrected chi connectivity index (χ1v) is 10.3. The molecule has 12 heteroatoms. The standard InChI is InChI=1S/C14H21N3O3S.C2HF3O2/c1-21(18,19)17-8-9-20-14(12-17)5-3-7-16(11-14)13-4-2-6-15-10-13;3-2(4,5)1(6)7/h2,4,6,10H,3,5,7-9,11-12H2,1H3;(H,6,7). The summed E-state index contributed by atoms with van der Waals surface area (Å²) in [7, 11) is -3.16. The zero-order chi connectivity index (χ0) is 21.0. The first-order valence-electron chi connectivity index (χ1n) is 8.47. The largest absolute Gasteiger partial charge is 0.490 e. The summed E-state index contributed by atoms with van der Waals surface area (Å²) in [6.07, 6.45) is 1.68. The van der Waals surface area contributed by atoms with Gasteiger partial charge in [-0.15, -0.1) is 0 Å². The highest BCUT2D eigenvalue weighted by atomic mass is 32.2. The topological polar surface area (TPSA) is 100 Å². The van der Waals surface area contributed by atoms with Crippen LogP contribution >= 0.6 is 0 Å². The maximum absolute atomic E-state index is 11.8. The third kappa shape index (κ3) is 6.04. The molecule has 3 rings (SSSR count). The molecule has 0 aliphatic carbocycles. The fourth-order valence-electron chi connectivity index (χ4n) is 3.20. The Kier molecular flexibility index (Phi) is 6.88. The number of aromatic nitrogens is 1. The molecule has 8 nitrogen and oxygen atoms in total. The molecule has 1 atom stereocenters. The van der Waals surface area contributed by atoms with Gasteiger partial charge in [-0.25, -0.2) is 13.2 Å². The van der Waals surface area contributed by atoms with Crippen molar-refractivity contribution in [1.82, 2.24) is 9.29 Å². The van der Waals surface area contributed by atoms with Gasteiger partial charge in [0.15, 0.2) is 0 Å². The van der Waals surface area contributed by atoms with Crippen molar-refractivity contribution in [3.05, 3.63) is 24.5 Å². The van der Waals surface area contributed by atoms with E-state index in [1.807, 2.05) is 18.3 Å². The highest BCUT2D eigenvalue weighted by Crippen LogP contribution is 2.32. The normalized spacial score (nSPS) is 23.8. The molecule has 0 amide bonds. The fourth-order valence-corrected chi connectivity index (χ4v) is 4.08. The number of carboxylic acid groups (broad SMARTS) is 1. The number of pyridine rings is 1. The highest BCUT2D eigenvalue weighted by molar-refractivity contribution is 7.88. The van der Waals surface area contributed by atoms with Crippen LogP contribution in [0.3, 0.4) is 0 Å². The van der Waals surface area contributed by atoms with Crippen LogP contribution in [-0.4, -0.2) is 79.6 Å². The monoisotopic (exact) mass is 425 g/mol. The molecule has 2 fully saturated rings. The van der Waals surface area contributed by atoms with E-state index in [1.165, 1.54) is 6.26 Å². The molecule has 0 saturated carbocycles. The second-order valence-corrected chi connectivity index (χ2v) is 8.65. The molecule has 0 bridgehead atoms. The summed E-state index contributed by atoms with van der Waals surface area (Å²) in [6.45, 7) is 3.03. The minimum Gasteiger partial charge on any atom is -0.475 e. The van der Waals surface area contributed by atoms with E-state index < -0.39 is 27.8 Å². The van der Waals surface area contributed by atoms with Gasteiger partial charge >= 0.3 is 12.1 Å². The number of ether oxygens (including phenoxy) is 1. The lowest BCUT2D eigenvalue weighted by molar-refractivity contribution is -0.192. The Bertz CT molecular complexity index is 771. The van der Waals surface area contributed by atoms with Gasteiger partial charge in [-0.3, -0.25) is 4.98 Å². The third-order valence-corrected chi connectivity index (χ3v) is 5.73. The van der Waals surface area contributed by atoms with Gasteiger partial charge in [0, 0.05) is 32.4 Å². The number of aliphatic carboxylic acids is 1. The summed E-state index contributed by atoms with van der Waals surface area (Å²) in [4.78, 5) is 15.3. The summed E-state index contributed by atoms with van der Waals surface area (Å²) in [5.41, 5.74) is 0.673. The Hall–Kier alpha value is -1.92. The predicted octanol–water partition coefficient (Wildman–Crippen LogP) is 1.35. The van der Waals surface area contributed by atoms with Crippen molar-refractivity contribution in [3.8, 4) is 0 Å². The molecule has 3 heterocycles. The maximum atomic E-state index is 11.8. The van der Waals surface area contributed by atoms with Crippen molar-refractivity contribution in [2.24, 2.45) is 0 Å². The molecule has 2 saturated heterocycles. The third-order valence-electron chi connectivity index (χ3n) is 4.48. The Morgan fingerprint density at radius 1 is 1.32 bits per heavy atom. The SMILES string of the molecule is CS(=O)(=O)N1CCOC2(CCCN(c3cccnc3)C2)C1.O=C(O)C(F)(F)F. The van der Waals surface area contributed by atoms with Crippen molar-refractivity contribution in [1.29, 1.82) is 0 Å². The van der Waals surface area contributed by atoms with Gasteiger partial charge in [0.25, 0.3) is 0 Å². The maximum Gasteiger partial charge on any atom is 0.490 e. The second kappa shape index (κ2) is 8.62. The average molecular weight is 425 g/mol. The quantitative estimate of drug-likeness (QED) is 0.763. The van der Waals surface area contributed by atoms with E-state index in [9.17, 15) is 21.6 Å². The number of hydrogen-bond donors (Lipinski definition) is 1. The van der Waals surface area contributed by atoms with Crippen LogP contribution in [0.15, 0.2) is 24.5 Å². The second-order valence-electron chi connectivity index (χ2n) is 6.67. The van der Waals surface area contributed by atoms with Gasteiger partial charge in [-0.1, -0.05) is 0 Å². The molecule has 1 N–H and O–H groups in total. The van der Waals surface area contributed by atoms with Crippen LogP contribution in [-0.2, 0) is 19.6 Å². The summed E-state index contributed by atoms with van der Waals surface area (Å²) in [6, 6.07) is 3.95. The molecule has 1 aromatic rings. The number of carbonyl (C=O) groups is 1. The Morgan fingerprint density at radius 3 is 2.54 bits per heavy atom. The minimum atomic E-state index is -5.08. The van der Waals surface area contributed by atoms with E-state index in [2.05, 4.69) is 9.88 Å². The van der Waals surface area contributed by atoms with Crippen molar-refractivity contribution < 1.29 is 36.2 Å². The van der Waals surface area contributed by atoms with Crippen molar-refractivity contribution in [3.63, 3.8) is 0 Å². The number of alkyl halides is 3. The summed E-state index contributed by atoms with van der Waals surface area (Å²) < 4.78 is 62.9. The van der Waals surface area contributed by atoms with Crippen LogP contribution in [0.5, 0.6) is 0 Å². The predicted molar refractivity (Wildman–Crippen MR) is 94.5 cm³/mol. The Balaban J connectivity index is 0.000000345. The van der Waals surface area contributed by atoms with Gasteiger partial charge < -0.3 is 14.7 Å². The van der Waals surface area contributed by atoms with Crippen LogP contribution < -0.4 is 4.90 Å². The lowest BCUT2D eigenvalue weighted by atomic mass is 9.91. The number of nitrogens with zero attached hydrogens (tertiary/aromatic N) is 3. The molecule has 0 radical (unpaired) electrons.